The number of nitrogens with one attached hydrogen (secondary N) is 2. The van der Waals surface area contributed by atoms with Crippen molar-refractivity contribution in [2.75, 3.05) is 11.5 Å². The molecule has 2 N–H and O–H groups in total. The van der Waals surface area contributed by atoms with E-state index in [-0.39, 0.29) is 17.5 Å². The van der Waals surface area contributed by atoms with Crippen LogP contribution in [0.25, 0.3) is 11.5 Å². The summed E-state index contributed by atoms with van der Waals surface area (Å²) in [7, 11) is -2.81. The zero-order chi connectivity index (χ0) is 14.9. The number of H-pyrrole nitrogens is 1. The topological polar surface area (TPSA) is 88.0 Å². The largest absolute Gasteiger partial charge is 0.460 e. The van der Waals surface area contributed by atoms with Crippen LogP contribution < -0.4 is 5.32 Å². The second-order valence-electron chi connectivity index (χ2n) is 5.49. The lowest BCUT2D eigenvalue weighted by atomic mass is 10.1. The average molecular weight is 309 g/mol. The molecular weight excluding hydrogens is 290 g/mol. The van der Waals surface area contributed by atoms with Crippen molar-refractivity contribution in [3.8, 4) is 11.5 Å². The molecule has 1 fully saturated rings. The number of aryl methyl sites for hydroxylation is 1. The predicted octanol–water partition coefficient (Wildman–Crippen LogP) is 1.64. The van der Waals surface area contributed by atoms with Crippen molar-refractivity contribution in [2.45, 2.75) is 32.4 Å². The molecule has 0 atom stereocenters. The number of furan rings is 1. The van der Waals surface area contributed by atoms with Gasteiger partial charge in [-0.1, -0.05) is 0 Å². The van der Waals surface area contributed by atoms with E-state index in [4.69, 9.17) is 4.42 Å². The van der Waals surface area contributed by atoms with Gasteiger partial charge in [-0.25, -0.2) is 8.42 Å². The fraction of sp³-hybridized carbons (Fsp3) is 0.500. The van der Waals surface area contributed by atoms with Crippen molar-refractivity contribution in [2.24, 2.45) is 0 Å². The Balaban J connectivity index is 1.63. The molecule has 0 unspecified atom stereocenters. The maximum Gasteiger partial charge on any atom is 0.152 e. The Morgan fingerprint density at radius 1 is 1.38 bits per heavy atom. The normalized spacial score (nSPS) is 18.9. The Hall–Kier alpha value is -1.60. The van der Waals surface area contributed by atoms with E-state index in [0.29, 0.717) is 19.4 Å². The van der Waals surface area contributed by atoms with Crippen LogP contribution in [-0.2, 0) is 16.4 Å². The molecule has 7 heteroatoms. The Morgan fingerprint density at radius 2 is 2.14 bits per heavy atom. The van der Waals surface area contributed by atoms with Gasteiger partial charge in [0.15, 0.2) is 5.76 Å². The molecule has 0 aromatic carbocycles. The summed E-state index contributed by atoms with van der Waals surface area (Å²) in [4.78, 5) is 0. The maximum absolute atomic E-state index is 11.4. The highest BCUT2D eigenvalue weighted by molar-refractivity contribution is 7.91. The summed E-state index contributed by atoms with van der Waals surface area (Å²) in [5, 5.41) is 10.4. The minimum Gasteiger partial charge on any atom is -0.460 e. The van der Waals surface area contributed by atoms with Crippen LogP contribution in [0.2, 0.25) is 0 Å². The number of aromatic amines is 1. The van der Waals surface area contributed by atoms with Crippen LogP contribution in [0.1, 0.15) is 24.2 Å². The van der Waals surface area contributed by atoms with Gasteiger partial charge in [-0.15, -0.1) is 0 Å². The maximum atomic E-state index is 11.4. The molecule has 0 aliphatic carbocycles. The van der Waals surface area contributed by atoms with E-state index in [1.54, 1.807) is 6.20 Å². The molecule has 6 nitrogen and oxygen atoms in total. The first-order valence-electron chi connectivity index (χ1n) is 7.06. The molecule has 0 bridgehead atoms. The summed E-state index contributed by atoms with van der Waals surface area (Å²) < 4.78 is 28.4. The monoisotopic (exact) mass is 309 g/mol. The number of hydrogen-bond donors (Lipinski definition) is 2. The standard InChI is InChI=1S/C14H19N3O3S/c1-10-2-3-13(20-10)14-11(9-16-17-14)8-15-12-4-6-21(18,19)7-5-12/h2-3,9,12,15H,4-8H2,1H3,(H,16,17). The summed E-state index contributed by atoms with van der Waals surface area (Å²) in [5.74, 6) is 2.18. The Morgan fingerprint density at radius 3 is 2.81 bits per heavy atom. The van der Waals surface area contributed by atoms with Crippen molar-refractivity contribution in [3.63, 3.8) is 0 Å². The van der Waals surface area contributed by atoms with Gasteiger partial charge in [0.25, 0.3) is 0 Å². The highest BCUT2D eigenvalue weighted by atomic mass is 32.2. The second-order valence-corrected chi connectivity index (χ2v) is 7.79. The molecule has 3 heterocycles. The molecule has 0 amide bonds. The smallest absolute Gasteiger partial charge is 0.152 e. The SMILES string of the molecule is Cc1ccc(-c2[nH]ncc2CNC2CCS(=O)(=O)CC2)o1. The first-order chi connectivity index (χ1) is 10.0. The van der Waals surface area contributed by atoms with Crippen molar-refractivity contribution in [1.29, 1.82) is 0 Å². The van der Waals surface area contributed by atoms with Crippen LogP contribution in [-0.4, -0.2) is 36.2 Å². The fourth-order valence-corrected chi connectivity index (χ4v) is 4.07. The minimum absolute atomic E-state index is 0.245. The van der Waals surface area contributed by atoms with E-state index in [1.807, 2.05) is 19.1 Å². The molecule has 2 aromatic rings. The summed E-state index contributed by atoms with van der Waals surface area (Å²) >= 11 is 0. The fourth-order valence-electron chi connectivity index (χ4n) is 2.58. The van der Waals surface area contributed by atoms with E-state index >= 15 is 0 Å². The molecule has 0 radical (unpaired) electrons. The molecule has 114 valence electrons. The van der Waals surface area contributed by atoms with E-state index in [9.17, 15) is 8.42 Å². The molecule has 0 spiro atoms. The zero-order valence-electron chi connectivity index (χ0n) is 11.9. The van der Waals surface area contributed by atoms with Crippen molar-refractivity contribution < 1.29 is 12.8 Å². The van der Waals surface area contributed by atoms with E-state index < -0.39 is 9.84 Å². The first kappa shape index (κ1) is 14.3. The van der Waals surface area contributed by atoms with Crippen LogP contribution in [0, 0.1) is 6.92 Å². The highest BCUT2D eigenvalue weighted by Gasteiger charge is 2.23. The van der Waals surface area contributed by atoms with Gasteiger partial charge in [0.2, 0.25) is 0 Å². The van der Waals surface area contributed by atoms with Gasteiger partial charge in [0.1, 0.15) is 21.3 Å². The third kappa shape index (κ3) is 3.36. The van der Waals surface area contributed by atoms with Crippen molar-refractivity contribution >= 4 is 9.84 Å². The van der Waals surface area contributed by atoms with E-state index in [2.05, 4.69) is 15.5 Å². The van der Waals surface area contributed by atoms with Crippen molar-refractivity contribution in [3.05, 3.63) is 29.7 Å². The zero-order valence-corrected chi connectivity index (χ0v) is 12.7. The first-order valence-corrected chi connectivity index (χ1v) is 8.88. The van der Waals surface area contributed by atoms with Gasteiger partial charge in [0, 0.05) is 18.2 Å². The van der Waals surface area contributed by atoms with Crippen LogP contribution in [0.15, 0.2) is 22.7 Å². The number of hydrogen-bond acceptors (Lipinski definition) is 5. The van der Waals surface area contributed by atoms with E-state index in [0.717, 1.165) is 22.8 Å². The molecule has 2 aromatic heterocycles. The van der Waals surface area contributed by atoms with Crippen LogP contribution in [0.3, 0.4) is 0 Å². The molecule has 1 aliphatic rings. The van der Waals surface area contributed by atoms with Crippen LogP contribution >= 0.6 is 0 Å². The predicted molar refractivity (Wildman–Crippen MR) is 79.5 cm³/mol. The Bertz CT molecular complexity index is 703. The Kier molecular flexibility index (Phi) is 3.86. The van der Waals surface area contributed by atoms with Crippen LogP contribution in [0.5, 0.6) is 0 Å². The highest BCUT2D eigenvalue weighted by Crippen LogP contribution is 2.23. The minimum atomic E-state index is -2.81. The van der Waals surface area contributed by atoms with E-state index in [1.165, 1.54) is 0 Å². The Labute approximate surface area is 123 Å². The van der Waals surface area contributed by atoms with Gasteiger partial charge >= 0.3 is 0 Å². The van der Waals surface area contributed by atoms with Crippen molar-refractivity contribution in [1.82, 2.24) is 15.5 Å². The quantitative estimate of drug-likeness (QED) is 0.896. The lowest BCUT2D eigenvalue weighted by molar-refractivity contribution is 0.463. The van der Waals surface area contributed by atoms with Gasteiger partial charge in [-0.05, 0) is 31.9 Å². The third-order valence-corrected chi connectivity index (χ3v) is 5.56. The summed E-state index contributed by atoms with van der Waals surface area (Å²) in [6, 6.07) is 4.08. The van der Waals surface area contributed by atoms with Gasteiger partial charge in [-0.3, -0.25) is 5.10 Å². The van der Waals surface area contributed by atoms with Gasteiger partial charge < -0.3 is 9.73 Å². The van der Waals surface area contributed by atoms with Crippen LogP contribution in [0.4, 0.5) is 0 Å². The molecule has 21 heavy (non-hydrogen) atoms. The molecule has 0 saturated carbocycles. The number of rotatable bonds is 4. The average Bonchev–Trinajstić information content (AvgIpc) is 3.06. The molecule has 3 rings (SSSR count). The van der Waals surface area contributed by atoms with Gasteiger partial charge in [-0.2, -0.15) is 5.10 Å². The third-order valence-electron chi connectivity index (χ3n) is 3.84. The lowest BCUT2D eigenvalue weighted by Gasteiger charge is -2.23. The second kappa shape index (κ2) is 5.65. The summed E-state index contributed by atoms with van der Waals surface area (Å²) in [6.07, 6.45) is 3.13. The molecule has 1 saturated heterocycles. The molecule has 1 aliphatic heterocycles. The lowest BCUT2D eigenvalue weighted by Crippen LogP contribution is -2.37. The molecular formula is C14H19N3O3S. The summed E-state index contributed by atoms with van der Waals surface area (Å²) in [6.45, 7) is 2.55. The summed E-state index contributed by atoms with van der Waals surface area (Å²) in [5.41, 5.74) is 1.90. The van der Waals surface area contributed by atoms with Gasteiger partial charge in [0.05, 0.1) is 17.7 Å². The number of nitrogens with zero attached hydrogens (tertiary/aromatic N) is 1. The number of sulfone groups is 1. The number of aromatic nitrogens is 2.